The first-order chi connectivity index (χ1) is 14.6. The van der Waals surface area contributed by atoms with Crippen LogP contribution < -0.4 is 15.3 Å². The molecular weight excluding hydrogens is 376 g/mol. The van der Waals surface area contributed by atoms with E-state index in [2.05, 4.69) is 10.6 Å². The molecule has 1 saturated heterocycles. The minimum atomic E-state index is -0.689. The minimum absolute atomic E-state index is 0.203. The van der Waals surface area contributed by atoms with Gasteiger partial charge in [-0.15, -0.1) is 0 Å². The number of fused-ring (bicyclic) bond motifs is 1. The topological polar surface area (TPSA) is 67.6 Å². The van der Waals surface area contributed by atoms with Crippen molar-refractivity contribution in [3.63, 3.8) is 0 Å². The number of likely N-dealkylation sites (tertiary alicyclic amines) is 1. The first-order valence-electron chi connectivity index (χ1n) is 11.1. The van der Waals surface area contributed by atoms with Gasteiger partial charge in [0.2, 0.25) is 5.62 Å². The van der Waals surface area contributed by atoms with Crippen LogP contribution in [0.4, 0.5) is 0 Å². The molecule has 6 heteroatoms. The zero-order valence-corrected chi connectivity index (χ0v) is 17.8. The maximum atomic E-state index is 10.6. The summed E-state index contributed by atoms with van der Waals surface area (Å²) in [6.45, 7) is 6.89. The van der Waals surface area contributed by atoms with E-state index < -0.39 is 6.10 Å². The first kappa shape index (κ1) is 20.7. The van der Waals surface area contributed by atoms with Crippen molar-refractivity contribution in [2.75, 3.05) is 26.2 Å². The quantitative estimate of drug-likeness (QED) is 0.531. The van der Waals surface area contributed by atoms with Gasteiger partial charge in [0.15, 0.2) is 0 Å². The summed E-state index contributed by atoms with van der Waals surface area (Å²) in [5.41, 5.74) is 3.55. The molecule has 4 rings (SSSR count). The molecule has 0 saturated carbocycles. The second-order valence-electron chi connectivity index (χ2n) is 8.37. The molecule has 1 aliphatic heterocycles. The molecule has 2 heterocycles. The maximum absolute atomic E-state index is 10.6. The SMILES string of the molecule is Cc1ccccc1OCC(O)Cn1c(=N)n(CC[NH+]2CCCCC2)c2ccccc21. The lowest BCUT2D eigenvalue weighted by Gasteiger charge is -2.23. The average molecular weight is 410 g/mol. The lowest BCUT2D eigenvalue weighted by molar-refractivity contribution is -0.905. The normalized spacial score (nSPS) is 16.1. The molecule has 0 bridgehead atoms. The summed E-state index contributed by atoms with van der Waals surface area (Å²) >= 11 is 0. The average Bonchev–Trinajstić information content (AvgIpc) is 3.03. The van der Waals surface area contributed by atoms with Gasteiger partial charge < -0.3 is 23.9 Å². The second-order valence-corrected chi connectivity index (χ2v) is 8.37. The number of aliphatic hydroxyl groups excluding tert-OH is 1. The molecule has 30 heavy (non-hydrogen) atoms. The summed E-state index contributed by atoms with van der Waals surface area (Å²) in [4.78, 5) is 1.64. The fraction of sp³-hybridized carbons (Fsp3) is 0.458. The van der Waals surface area contributed by atoms with E-state index in [0.29, 0.717) is 12.2 Å². The lowest BCUT2D eigenvalue weighted by atomic mass is 10.1. The molecule has 3 N–H and O–H groups in total. The minimum Gasteiger partial charge on any atom is -0.491 e. The van der Waals surface area contributed by atoms with Crippen LogP contribution >= 0.6 is 0 Å². The van der Waals surface area contributed by atoms with Crippen LogP contribution in [0.3, 0.4) is 0 Å². The Morgan fingerprint density at radius 2 is 1.67 bits per heavy atom. The van der Waals surface area contributed by atoms with E-state index >= 15 is 0 Å². The van der Waals surface area contributed by atoms with Crippen molar-refractivity contribution < 1.29 is 14.7 Å². The van der Waals surface area contributed by atoms with Gasteiger partial charge in [0.25, 0.3) is 0 Å². The number of rotatable bonds is 8. The Kier molecular flexibility index (Phi) is 6.55. The predicted molar refractivity (Wildman–Crippen MR) is 118 cm³/mol. The molecule has 1 aliphatic rings. The van der Waals surface area contributed by atoms with Crippen LogP contribution in [0.25, 0.3) is 11.0 Å². The van der Waals surface area contributed by atoms with Gasteiger partial charge in [-0.3, -0.25) is 5.41 Å². The van der Waals surface area contributed by atoms with Crippen LogP contribution in [-0.4, -0.2) is 46.6 Å². The van der Waals surface area contributed by atoms with Gasteiger partial charge in [-0.2, -0.15) is 0 Å². The van der Waals surface area contributed by atoms with Crippen molar-refractivity contribution in [1.82, 2.24) is 9.13 Å². The van der Waals surface area contributed by atoms with Crippen LogP contribution in [0.2, 0.25) is 0 Å². The van der Waals surface area contributed by atoms with E-state index in [9.17, 15) is 5.11 Å². The Morgan fingerprint density at radius 1 is 1.00 bits per heavy atom. The number of aryl methyl sites for hydroxylation is 1. The Balaban J connectivity index is 1.48. The highest BCUT2D eigenvalue weighted by Gasteiger charge is 2.17. The molecule has 1 unspecified atom stereocenters. The molecule has 3 aromatic rings. The largest absolute Gasteiger partial charge is 0.491 e. The third kappa shape index (κ3) is 4.60. The zero-order valence-electron chi connectivity index (χ0n) is 17.8. The number of hydrogen-bond acceptors (Lipinski definition) is 3. The molecule has 0 amide bonds. The molecule has 0 aliphatic carbocycles. The number of imidazole rings is 1. The van der Waals surface area contributed by atoms with Crippen LogP contribution in [-0.2, 0) is 13.1 Å². The van der Waals surface area contributed by atoms with Crippen molar-refractivity contribution in [2.45, 2.75) is 45.4 Å². The zero-order chi connectivity index (χ0) is 20.9. The van der Waals surface area contributed by atoms with E-state index in [1.165, 1.54) is 32.4 Å². The number of aliphatic hydroxyl groups is 1. The van der Waals surface area contributed by atoms with E-state index in [1.807, 2.05) is 54.0 Å². The van der Waals surface area contributed by atoms with Gasteiger partial charge in [0, 0.05) is 0 Å². The van der Waals surface area contributed by atoms with E-state index in [0.717, 1.165) is 35.4 Å². The smallest absolute Gasteiger partial charge is 0.203 e. The Hall–Kier alpha value is -2.57. The van der Waals surface area contributed by atoms with Crippen LogP contribution in [0, 0.1) is 12.3 Å². The van der Waals surface area contributed by atoms with Gasteiger partial charge in [-0.1, -0.05) is 30.3 Å². The third-order valence-corrected chi connectivity index (χ3v) is 6.14. The number of piperidine rings is 1. The van der Waals surface area contributed by atoms with Crippen LogP contribution in [0.15, 0.2) is 48.5 Å². The summed E-state index contributed by atoms with van der Waals surface area (Å²) < 4.78 is 9.82. The summed E-state index contributed by atoms with van der Waals surface area (Å²) in [5, 5.41) is 19.4. The Bertz CT molecular complexity index is 1030. The van der Waals surface area contributed by atoms with Crippen molar-refractivity contribution in [1.29, 1.82) is 5.41 Å². The van der Waals surface area contributed by atoms with E-state index in [1.54, 1.807) is 4.90 Å². The second kappa shape index (κ2) is 9.49. The molecule has 0 radical (unpaired) electrons. The number of benzene rings is 2. The third-order valence-electron chi connectivity index (χ3n) is 6.14. The number of nitrogens with one attached hydrogen (secondary N) is 2. The fourth-order valence-electron chi connectivity index (χ4n) is 4.45. The highest BCUT2D eigenvalue weighted by molar-refractivity contribution is 5.75. The van der Waals surface area contributed by atoms with Crippen molar-refractivity contribution in [3.8, 4) is 5.75 Å². The van der Waals surface area contributed by atoms with Crippen molar-refractivity contribution in [3.05, 3.63) is 59.7 Å². The maximum Gasteiger partial charge on any atom is 0.203 e. The number of aromatic nitrogens is 2. The number of ether oxygens (including phenoxy) is 1. The standard InChI is InChI=1S/C24H32N4O2/c1-19-9-3-6-12-23(19)30-18-20(29)17-28-22-11-5-4-10-21(22)27(24(28)25)16-15-26-13-7-2-8-14-26/h3-6,9-12,20,25,29H,2,7-8,13-18H2,1H3/p+1. The molecule has 160 valence electrons. The molecule has 0 spiro atoms. The van der Waals surface area contributed by atoms with Gasteiger partial charge in [0.05, 0.1) is 43.8 Å². The molecule has 1 atom stereocenters. The van der Waals surface area contributed by atoms with Crippen molar-refractivity contribution >= 4 is 11.0 Å². The Labute approximate surface area is 177 Å². The van der Waals surface area contributed by atoms with Gasteiger partial charge >= 0.3 is 0 Å². The van der Waals surface area contributed by atoms with Gasteiger partial charge in [0.1, 0.15) is 18.5 Å². The van der Waals surface area contributed by atoms with Crippen LogP contribution in [0.1, 0.15) is 24.8 Å². The number of para-hydroxylation sites is 3. The first-order valence-corrected chi connectivity index (χ1v) is 11.1. The highest BCUT2D eigenvalue weighted by Crippen LogP contribution is 2.17. The van der Waals surface area contributed by atoms with Crippen LogP contribution in [0.5, 0.6) is 5.75 Å². The van der Waals surface area contributed by atoms with Gasteiger partial charge in [-0.25, -0.2) is 0 Å². The highest BCUT2D eigenvalue weighted by atomic mass is 16.5. The predicted octanol–water partition coefficient (Wildman–Crippen LogP) is 1.74. The Morgan fingerprint density at radius 3 is 2.40 bits per heavy atom. The molecule has 2 aromatic carbocycles. The fourth-order valence-corrected chi connectivity index (χ4v) is 4.45. The van der Waals surface area contributed by atoms with Crippen molar-refractivity contribution in [2.24, 2.45) is 0 Å². The van der Waals surface area contributed by atoms with Gasteiger partial charge in [-0.05, 0) is 49.9 Å². The molecular formula is C24H33N4O2+. The monoisotopic (exact) mass is 409 g/mol. The molecule has 6 nitrogen and oxygen atoms in total. The lowest BCUT2D eigenvalue weighted by Crippen LogP contribution is -3.13. The molecule has 1 fully saturated rings. The molecule has 1 aromatic heterocycles. The summed E-state index contributed by atoms with van der Waals surface area (Å²) in [6.07, 6.45) is 3.28. The summed E-state index contributed by atoms with van der Waals surface area (Å²) in [6, 6.07) is 15.9. The number of nitrogens with zero attached hydrogens (tertiary/aromatic N) is 2. The summed E-state index contributed by atoms with van der Waals surface area (Å²) in [7, 11) is 0. The number of hydrogen-bond donors (Lipinski definition) is 3. The van der Waals surface area contributed by atoms with E-state index in [4.69, 9.17) is 10.1 Å². The summed E-state index contributed by atoms with van der Waals surface area (Å²) in [5.74, 6) is 0.791. The van der Waals surface area contributed by atoms with E-state index in [-0.39, 0.29) is 6.61 Å². The number of quaternary nitrogens is 1.